The molecule has 1 aliphatic rings. The van der Waals surface area contributed by atoms with E-state index in [2.05, 4.69) is 0 Å². The third kappa shape index (κ3) is 0.877. The van der Waals surface area contributed by atoms with Gasteiger partial charge in [0.25, 0.3) is 0 Å². The first kappa shape index (κ1) is 6.80. The Morgan fingerprint density at radius 1 is 1.60 bits per heavy atom. The van der Waals surface area contributed by atoms with Crippen LogP contribution in [0.15, 0.2) is 11.3 Å². The van der Waals surface area contributed by atoms with Crippen LogP contribution >= 0.6 is 0 Å². The quantitative estimate of drug-likeness (QED) is 0.356. The molecule has 0 aromatic rings. The first-order chi connectivity index (χ1) is 4.63. The number of nitrogens with two attached hydrogens (primary N) is 1. The number of ketones is 1. The van der Waals surface area contributed by atoms with Crippen LogP contribution in [-0.2, 0) is 4.79 Å². The maximum absolute atomic E-state index is 10.8. The van der Waals surface area contributed by atoms with Crippen molar-refractivity contribution in [3.05, 3.63) is 11.3 Å². The minimum atomic E-state index is -0.333. The van der Waals surface area contributed by atoms with Crippen LogP contribution in [0.5, 0.6) is 0 Å². The summed E-state index contributed by atoms with van der Waals surface area (Å²) in [7, 11) is 0. The Morgan fingerprint density at radius 3 is 2.40 bits per heavy atom. The van der Waals surface area contributed by atoms with E-state index in [1.165, 1.54) is 0 Å². The first-order valence-electron chi connectivity index (χ1n) is 2.92. The standard InChI is InChI=1S/C6H8N2O2/c7-6(8)5-3(9)1-2-4(5)10/h9H,1-2H2,(H3,7,8). The highest BCUT2D eigenvalue weighted by atomic mass is 16.3. The molecular formula is C6H8N2O2. The normalized spacial score (nSPS) is 18.2. The lowest BCUT2D eigenvalue weighted by Crippen LogP contribution is -2.17. The van der Waals surface area contributed by atoms with Crippen molar-refractivity contribution in [1.82, 2.24) is 0 Å². The molecule has 0 bridgehead atoms. The lowest BCUT2D eigenvalue weighted by Gasteiger charge is -1.95. The summed E-state index contributed by atoms with van der Waals surface area (Å²) >= 11 is 0. The second kappa shape index (κ2) is 2.13. The lowest BCUT2D eigenvalue weighted by atomic mass is 10.2. The van der Waals surface area contributed by atoms with Gasteiger partial charge in [-0.05, 0) is 0 Å². The van der Waals surface area contributed by atoms with Crippen LogP contribution in [0.25, 0.3) is 0 Å². The molecule has 10 heavy (non-hydrogen) atoms. The van der Waals surface area contributed by atoms with E-state index in [0.29, 0.717) is 6.42 Å². The fourth-order valence-electron chi connectivity index (χ4n) is 0.949. The summed E-state index contributed by atoms with van der Waals surface area (Å²) in [4.78, 5) is 10.8. The lowest BCUT2D eigenvalue weighted by molar-refractivity contribution is -0.114. The smallest absolute Gasteiger partial charge is 0.170 e. The van der Waals surface area contributed by atoms with Crippen molar-refractivity contribution in [2.75, 3.05) is 0 Å². The molecule has 4 heteroatoms. The van der Waals surface area contributed by atoms with Crippen molar-refractivity contribution in [2.24, 2.45) is 5.73 Å². The summed E-state index contributed by atoms with van der Waals surface area (Å²) in [6.07, 6.45) is 0.606. The minimum Gasteiger partial charge on any atom is -0.511 e. The van der Waals surface area contributed by atoms with Gasteiger partial charge >= 0.3 is 0 Å². The predicted molar refractivity (Wildman–Crippen MR) is 35.8 cm³/mol. The second-order valence-electron chi connectivity index (χ2n) is 2.16. The third-order valence-corrected chi connectivity index (χ3v) is 1.43. The van der Waals surface area contributed by atoms with Gasteiger partial charge in [0.2, 0.25) is 0 Å². The Labute approximate surface area is 57.8 Å². The molecule has 0 amide bonds. The van der Waals surface area contributed by atoms with Crippen LogP contribution in [-0.4, -0.2) is 16.7 Å². The number of nitrogens with one attached hydrogen (secondary N) is 1. The summed E-state index contributed by atoms with van der Waals surface area (Å²) in [5.74, 6) is -0.609. The average molecular weight is 140 g/mol. The molecule has 0 aromatic carbocycles. The highest BCUT2D eigenvalue weighted by Crippen LogP contribution is 2.19. The van der Waals surface area contributed by atoms with E-state index in [1.54, 1.807) is 0 Å². The van der Waals surface area contributed by atoms with Gasteiger partial charge in [0.1, 0.15) is 11.6 Å². The number of Topliss-reactive ketones (excluding diaryl/α,β-unsaturated/α-hetero) is 1. The number of amidine groups is 1. The fourth-order valence-corrected chi connectivity index (χ4v) is 0.949. The molecule has 1 aliphatic carbocycles. The molecule has 54 valence electrons. The molecule has 0 fully saturated rings. The minimum absolute atomic E-state index is 0.000000000000000444. The van der Waals surface area contributed by atoms with Crippen LogP contribution in [0.1, 0.15) is 12.8 Å². The molecule has 0 aromatic heterocycles. The Bertz CT molecular complexity index is 230. The highest BCUT2D eigenvalue weighted by molar-refractivity contribution is 6.21. The Hall–Kier alpha value is -1.32. The molecule has 0 heterocycles. The maximum Gasteiger partial charge on any atom is 0.170 e. The Balaban J connectivity index is 2.99. The molecule has 1 rings (SSSR count). The molecule has 4 N–H and O–H groups in total. The Kier molecular flexibility index (Phi) is 1.45. The molecule has 0 saturated carbocycles. The average Bonchev–Trinajstić information content (AvgIpc) is 2.11. The van der Waals surface area contributed by atoms with E-state index in [4.69, 9.17) is 16.2 Å². The largest absolute Gasteiger partial charge is 0.511 e. The number of rotatable bonds is 1. The number of carbonyl (C=O) groups excluding carboxylic acids is 1. The SMILES string of the molecule is N=C(N)C1=C(O)CCC1=O. The topological polar surface area (TPSA) is 87.2 Å². The second-order valence-corrected chi connectivity index (χ2v) is 2.16. The van der Waals surface area contributed by atoms with E-state index >= 15 is 0 Å². The van der Waals surface area contributed by atoms with Gasteiger partial charge in [0.15, 0.2) is 5.78 Å². The van der Waals surface area contributed by atoms with Gasteiger partial charge < -0.3 is 10.8 Å². The van der Waals surface area contributed by atoms with Crippen molar-refractivity contribution in [3.8, 4) is 0 Å². The van der Waals surface area contributed by atoms with Crippen molar-refractivity contribution in [3.63, 3.8) is 0 Å². The van der Waals surface area contributed by atoms with Gasteiger partial charge in [-0.1, -0.05) is 0 Å². The first-order valence-corrected chi connectivity index (χ1v) is 2.92. The van der Waals surface area contributed by atoms with Crippen molar-refractivity contribution in [2.45, 2.75) is 12.8 Å². The number of aliphatic hydroxyl groups excluding tert-OH is 1. The van der Waals surface area contributed by atoms with Gasteiger partial charge in [-0.25, -0.2) is 0 Å². The fraction of sp³-hybridized carbons (Fsp3) is 0.333. The number of allylic oxidation sites excluding steroid dienone is 1. The van der Waals surface area contributed by atoms with Gasteiger partial charge in [0, 0.05) is 12.8 Å². The number of carbonyl (C=O) groups is 1. The van der Waals surface area contributed by atoms with Crippen molar-refractivity contribution in [1.29, 1.82) is 5.41 Å². The van der Waals surface area contributed by atoms with Gasteiger partial charge in [-0.2, -0.15) is 0 Å². The van der Waals surface area contributed by atoms with Crippen molar-refractivity contribution < 1.29 is 9.90 Å². The molecule has 0 atom stereocenters. The molecule has 0 aliphatic heterocycles. The van der Waals surface area contributed by atoms with E-state index in [1.807, 2.05) is 0 Å². The molecule has 0 saturated heterocycles. The van der Waals surface area contributed by atoms with E-state index in [9.17, 15) is 4.79 Å². The molecule has 0 radical (unpaired) electrons. The zero-order valence-electron chi connectivity index (χ0n) is 5.35. The molecular weight excluding hydrogens is 132 g/mol. The van der Waals surface area contributed by atoms with Gasteiger partial charge in [-0.15, -0.1) is 0 Å². The summed E-state index contributed by atoms with van der Waals surface area (Å²) in [5, 5.41) is 15.9. The van der Waals surface area contributed by atoms with Crippen LogP contribution in [0.4, 0.5) is 0 Å². The third-order valence-electron chi connectivity index (χ3n) is 1.43. The predicted octanol–water partition coefficient (Wildman–Crippen LogP) is 0.0974. The van der Waals surface area contributed by atoms with Crippen molar-refractivity contribution >= 4 is 11.6 Å². The number of hydrogen-bond donors (Lipinski definition) is 3. The molecule has 4 nitrogen and oxygen atoms in total. The number of aliphatic hydroxyl groups is 1. The zero-order chi connectivity index (χ0) is 7.72. The zero-order valence-corrected chi connectivity index (χ0v) is 5.35. The van der Waals surface area contributed by atoms with Crippen LogP contribution in [0.3, 0.4) is 0 Å². The summed E-state index contributed by atoms with van der Waals surface area (Å²) in [6.45, 7) is 0. The van der Waals surface area contributed by atoms with Crippen LogP contribution in [0, 0.1) is 5.41 Å². The number of hydrogen-bond acceptors (Lipinski definition) is 3. The van der Waals surface area contributed by atoms with Gasteiger partial charge in [-0.3, -0.25) is 10.2 Å². The van der Waals surface area contributed by atoms with Crippen LogP contribution < -0.4 is 5.73 Å². The molecule has 0 unspecified atom stereocenters. The van der Waals surface area contributed by atoms with Crippen LogP contribution in [0.2, 0.25) is 0 Å². The summed E-state index contributed by atoms with van der Waals surface area (Å²) in [5.41, 5.74) is 5.02. The highest BCUT2D eigenvalue weighted by Gasteiger charge is 2.24. The van der Waals surface area contributed by atoms with E-state index in [-0.39, 0.29) is 29.4 Å². The maximum atomic E-state index is 10.8. The van der Waals surface area contributed by atoms with Gasteiger partial charge in [0.05, 0.1) is 5.57 Å². The monoisotopic (exact) mass is 140 g/mol. The summed E-state index contributed by atoms with van der Waals surface area (Å²) < 4.78 is 0. The molecule has 0 spiro atoms. The Morgan fingerprint density at radius 2 is 2.20 bits per heavy atom. The van der Waals surface area contributed by atoms with E-state index < -0.39 is 0 Å². The summed E-state index contributed by atoms with van der Waals surface area (Å²) in [6, 6.07) is 0. The van der Waals surface area contributed by atoms with E-state index in [0.717, 1.165) is 0 Å².